The molecule has 17 heavy (non-hydrogen) atoms. The molecule has 0 aromatic carbocycles. The molecule has 5 nitrogen and oxygen atoms in total. The van der Waals surface area contributed by atoms with Gasteiger partial charge in [0.2, 0.25) is 5.91 Å². The van der Waals surface area contributed by atoms with Crippen LogP contribution in [0.4, 0.5) is 0 Å². The molecule has 1 aromatic rings. The molecule has 5 heteroatoms. The molecule has 0 bridgehead atoms. The highest BCUT2D eigenvalue weighted by Crippen LogP contribution is 2.26. The van der Waals surface area contributed by atoms with Crippen LogP contribution in [0.3, 0.4) is 0 Å². The fourth-order valence-electron chi connectivity index (χ4n) is 2.25. The van der Waals surface area contributed by atoms with Crippen molar-refractivity contribution < 1.29 is 9.32 Å². The highest BCUT2D eigenvalue weighted by atomic mass is 16.5. The summed E-state index contributed by atoms with van der Waals surface area (Å²) in [5.74, 6) is 0.585. The Hall–Kier alpha value is -1.36. The minimum absolute atomic E-state index is 0.0775. The van der Waals surface area contributed by atoms with Gasteiger partial charge in [-0.15, -0.1) is 0 Å². The maximum atomic E-state index is 12.0. The number of hydrogen-bond acceptors (Lipinski definition) is 4. The molecular weight excluding hydrogens is 218 g/mol. The molecule has 0 unspecified atom stereocenters. The summed E-state index contributed by atoms with van der Waals surface area (Å²) in [6.07, 6.45) is 4.78. The maximum Gasteiger partial charge on any atom is 0.240 e. The standard InChI is InChI=1S/C12H19N3O2/c1-9-7-10(17-15-9)8-14-11(16)12(13)5-3-2-4-6-12/h7H,2-6,8,13H2,1H3,(H,14,16). The summed E-state index contributed by atoms with van der Waals surface area (Å²) in [6.45, 7) is 2.21. The Labute approximate surface area is 101 Å². The van der Waals surface area contributed by atoms with E-state index in [1.165, 1.54) is 6.42 Å². The summed E-state index contributed by atoms with van der Waals surface area (Å²) in [5.41, 5.74) is 6.24. The molecule has 0 atom stereocenters. The van der Waals surface area contributed by atoms with Crippen molar-refractivity contribution in [2.75, 3.05) is 0 Å². The smallest absolute Gasteiger partial charge is 0.240 e. The second-order valence-electron chi connectivity index (χ2n) is 4.83. The lowest BCUT2D eigenvalue weighted by molar-refractivity contribution is -0.127. The van der Waals surface area contributed by atoms with Gasteiger partial charge in [-0.05, 0) is 19.8 Å². The number of nitrogens with zero attached hydrogens (tertiary/aromatic N) is 1. The molecule has 94 valence electrons. The first-order chi connectivity index (χ1) is 8.10. The van der Waals surface area contributed by atoms with E-state index < -0.39 is 5.54 Å². The van der Waals surface area contributed by atoms with Gasteiger partial charge in [-0.1, -0.05) is 24.4 Å². The average Bonchev–Trinajstić information content (AvgIpc) is 2.73. The summed E-state index contributed by atoms with van der Waals surface area (Å²) < 4.78 is 5.03. The number of nitrogens with one attached hydrogen (secondary N) is 1. The van der Waals surface area contributed by atoms with E-state index in [1.807, 2.05) is 13.0 Å². The highest BCUT2D eigenvalue weighted by Gasteiger charge is 2.35. The van der Waals surface area contributed by atoms with Crippen molar-refractivity contribution in [2.45, 2.75) is 51.1 Å². The number of carbonyl (C=O) groups is 1. The molecule has 1 heterocycles. The predicted octanol–water partition coefficient (Wildman–Crippen LogP) is 1.26. The number of nitrogens with two attached hydrogens (primary N) is 1. The van der Waals surface area contributed by atoms with Crippen LogP contribution in [0.2, 0.25) is 0 Å². The summed E-state index contributed by atoms with van der Waals surface area (Å²) in [6, 6.07) is 1.81. The van der Waals surface area contributed by atoms with Gasteiger partial charge in [0.25, 0.3) is 0 Å². The van der Waals surface area contributed by atoms with Crippen molar-refractivity contribution in [1.82, 2.24) is 10.5 Å². The Morgan fingerprint density at radius 1 is 1.53 bits per heavy atom. The minimum Gasteiger partial charge on any atom is -0.359 e. The second-order valence-corrected chi connectivity index (χ2v) is 4.83. The normalized spacial score (nSPS) is 18.9. The molecule has 0 saturated heterocycles. The van der Waals surface area contributed by atoms with Crippen LogP contribution >= 0.6 is 0 Å². The first-order valence-corrected chi connectivity index (χ1v) is 6.09. The van der Waals surface area contributed by atoms with E-state index in [2.05, 4.69) is 10.5 Å². The third kappa shape index (κ3) is 2.85. The molecule has 1 fully saturated rings. The van der Waals surface area contributed by atoms with E-state index in [1.54, 1.807) is 0 Å². The van der Waals surface area contributed by atoms with Crippen LogP contribution in [0.1, 0.15) is 43.6 Å². The lowest BCUT2D eigenvalue weighted by atomic mass is 9.82. The number of rotatable bonds is 3. The number of aryl methyl sites for hydroxylation is 1. The third-order valence-corrected chi connectivity index (χ3v) is 3.30. The number of hydrogen-bond donors (Lipinski definition) is 2. The van der Waals surface area contributed by atoms with Gasteiger partial charge in [-0.2, -0.15) is 0 Å². The molecular formula is C12H19N3O2. The Morgan fingerprint density at radius 3 is 2.82 bits per heavy atom. The Bertz CT molecular complexity index is 394. The van der Waals surface area contributed by atoms with Gasteiger partial charge in [-0.3, -0.25) is 4.79 Å². The van der Waals surface area contributed by atoms with Crippen LogP contribution in [0, 0.1) is 6.92 Å². The Balaban J connectivity index is 1.88. The molecule has 1 aliphatic rings. The topological polar surface area (TPSA) is 81.2 Å². The van der Waals surface area contributed by atoms with Crippen molar-refractivity contribution >= 4 is 5.91 Å². The number of amides is 1. The average molecular weight is 237 g/mol. The van der Waals surface area contributed by atoms with E-state index in [0.717, 1.165) is 31.4 Å². The van der Waals surface area contributed by atoms with Crippen LogP contribution in [-0.4, -0.2) is 16.6 Å². The molecule has 1 saturated carbocycles. The van der Waals surface area contributed by atoms with Gasteiger partial charge in [-0.25, -0.2) is 0 Å². The van der Waals surface area contributed by atoms with Crippen LogP contribution in [0.15, 0.2) is 10.6 Å². The first-order valence-electron chi connectivity index (χ1n) is 6.09. The molecule has 2 rings (SSSR count). The fraction of sp³-hybridized carbons (Fsp3) is 0.667. The van der Waals surface area contributed by atoms with Crippen LogP contribution in [0.5, 0.6) is 0 Å². The van der Waals surface area contributed by atoms with E-state index >= 15 is 0 Å². The monoisotopic (exact) mass is 237 g/mol. The maximum absolute atomic E-state index is 12.0. The zero-order chi connectivity index (χ0) is 12.3. The lowest BCUT2D eigenvalue weighted by Crippen LogP contribution is -2.54. The molecule has 0 spiro atoms. The van der Waals surface area contributed by atoms with Crippen LogP contribution in [0.25, 0.3) is 0 Å². The Kier molecular flexibility index (Phi) is 3.47. The molecule has 3 N–H and O–H groups in total. The number of carbonyl (C=O) groups excluding carboxylic acids is 1. The van der Waals surface area contributed by atoms with Crippen molar-refractivity contribution in [2.24, 2.45) is 5.73 Å². The van der Waals surface area contributed by atoms with E-state index in [0.29, 0.717) is 12.3 Å². The zero-order valence-corrected chi connectivity index (χ0v) is 10.2. The van der Waals surface area contributed by atoms with Gasteiger partial charge >= 0.3 is 0 Å². The molecule has 1 aromatic heterocycles. The van der Waals surface area contributed by atoms with Crippen molar-refractivity contribution in [3.8, 4) is 0 Å². The third-order valence-electron chi connectivity index (χ3n) is 3.30. The summed E-state index contributed by atoms with van der Waals surface area (Å²) in [7, 11) is 0. The van der Waals surface area contributed by atoms with Crippen molar-refractivity contribution in [1.29, 1.82) is 0 Å². The molecule has 1 amide bonds. The Morgan fingerprint density at radius 2 is 2.24 bits per heavy atom. The predicted molar refractivity (Wildman–Crippen MR) is 63.1 cm³/mol. The van der Waals surface area contributed by atoms with Gasteiger partial charge in [0.05, 0.1) is 17.8 Å². The minimum atomic E-state index is -0.687. The van der Waals surface area contributed by atoms with Crippen molar-refractivity contribution in [3.63, 3.8) is 0 Å². The second kappa shape index (κ2) is 4.87. The van der Waals surface area contributed by atoms with Gasteiger partial charge in [0.15, 0.2) is 5.76 Å². The molecule has 0 aliphatic heterocycles. The lowest BCUT2D eigenvalue weighted by Gasteiger charge is -2.31. The molecule has 1 aliphatic carbocycles. The van der Waals surface area contributed by atoms with Gasteiger partial charge < -0.3 is 15.6 Å². The van der Waals surface area contributed by atoms with Crippen molar-refractivity contribution in [3.05, 3.63) is 17.5 Å². The van der Waals surface area contributed by atoms with Crippen LogP contribution < -0.4 is 11.1 Å². The quantitative estimate of drug-likeness (QED) is 0.829. The van der Waals surface area contributed by atoms with Gasteiger partial charge in [0, 0.05) is 6.07 Å². The SMILES string of the molecule is Cc1cc(CNC(=O)C2(N)CCCCC2)on1. The van der Waals surface area contributed by atoms with E-state index in [4.69, 9.17) is 10.3 Å². The zero-order valence-electron chi connectivity index (χ0n) is 10.2. The summed E-state index contributed by atoms with van der Waals surface area (Å²) >= 11 is 0. The highest BCUT2D eigenvalue weighted by molar-refractivity contribution is 5.86. The summed E-state index contributed by atoms with van der Waals surface area (Å²) in [5, 5.41) is 6.59. The van der Waals surface area contributed by atoms with E-state index in [-0.39, 0.29) is 5.91 Å². The molecule has 0 radical (unpaired) electrons. The summed E-state index contributed by atoms with van der Waals surface area (Å²) in [4.78, 5) is 12.0. The van der Waals surface area contributed by atoms with E-state index in [9.17, 15) is 4.79 Å². The first kappa shape index (κ1) is 12.1. The van der Waals surface area contributed by atoms with Crippen LogP contribution in [-0.2, 0) is 11.3 Å². The van der Waals surface area contributed by atoms with Gasteiger partial charge in [0.1, 0.15) is 0 Å². The largest absolute Gasteiger partial charge is 0.359 e. The fourth-order valence-corrected chi connectivity index (χ4v) is 2.25. The number of aromatic nitrogens is 1.